The van der Waals surface area contributed by atoms with Crippen LogP contribution in [0.4, 0.5) is 5.82 Å². The first kappa shape index (κ1) is 12.3. The molecular weight excluding hydrogens is 262 g/mol. The molecule has 0 aliphatic carbocycles. The lowest BCUT2D eigenvalue weighted by atomic mass is 10.4. The second-order valence-corrected chi connectivity index (χ2v) is 3.69. The molecular formula is C10H8ClN3O4. The molecule has 2 heterocycles. The zero-order chi connectivity index (χ0) is 13.3. The smallest absolute Gasteiger partial charge is 0.365 e. The highest BCUT2D eigenvalue weighted by Gasteiger charge is 2.30. The van der Waals surface area contributed by atoms with Gasteiger partial charge in [0.05, 0.1) is 6.61 Å². The van der Waals surface area contributed by atoms with Crippen LogP contribution in [0, 0.1) is 10.1 Å². The van der Waals surface area contributed by atoms with Gasteiger partial charge in [0.1, 0.15) is 0 Å². The van der Waals surface area contributed by atoms with Crippen LogP contribution in [0.15, 0.2) is 18.2 Å². The van der Waals surface area contributed by atoms with E-state index < -0.39 is 16.7 Å². The number of aromatic nitrogens is 2. The number of fused-ring (bicyclic) bond motifs is 1. The Kier molecular flexibility index (Phi) is 3.15. The predicted molar refractivity (Wildman–Crippen MR) is 62.8 cm³/mol. The fourth-order valence-corrected chi connectivity index (χ4v) is 1.78. The molecule has 0 saturated carbocycles. The maximum absolute atomic E-state index is 11.6. The third-order valence-corrected chi connectivity index (χ3v) is 2.51. The topological polar surface area (TPSA) is 86.7 Å². The molecule has 0 unspecified atom stereocenters. The van der Waals surface area contributed by atoms with Crippen molar-refractivity contribution in [3.8, 4) is 0 Å². The molecule has 0 amide bonds. The van der Waals surface area contributed by atoms with Gasteiger partial charge in [-0.2, -0.15) is 9.38 Å². The number of esters is 1. The number of hydrogen-bond donors (Lipinski definition) is 0. The van der Waals surface area contributed by atoms with Gasteiger partial charge >= 0.3 is 11.8 Å². The van der Waals surface area contributed by atoms with E-state index in [0.717, 1.165) is 4.40 Å². The van der Waals surface area contributed by atoms with Gasteiger partial charge in [-0.1, -0.05) is 6.07 Å². The molecule has 0 atom stereocenters. The summed E-state index contributed by atoms with van der Waals surface area (Å²) in [4.78, 5) is 25.8. The van der Waals surface area contributed by atoms with Crippen LogP contribution < -0.4 is 0 Å². The van der Waals surface area contributed by atoms with Gasteiger partial charge in [-0.15, -0.1) is 0 Å². The molecule has 8 heteroatoms. The van der Waals surface area contributed by atoms with Crippen LogP contribution in [-0.4, -0.2) is 26.9 Å². The Morgan fingerprint density at radius 2 is 2.33 bits per heavy atom. The normalized spacial score (nSPS) is 10.6. The van der Waals surface area contributed by atoms with E-state index in [9.17, 15) is 14.9 Å². The van der Waals surface area contributed by atoms with E-state index in [1.54, 1.807) is 13.0 Å². The Hall–Kier alpha value is -2.15. The highest BCUT2D eigenvalue weighted by atomic mass is 35.5. The van der Waals surface area contributed by atoms with Crippen LogP contribution in [0.3, 0.4) is 0 Å². The minimum atomic E-state index is -0.844. The van der Waals surface area contributed by atoms with Crippen molar-refractivity contribution < 1.29 is 14.5 Å². The molecule has 0 aromatic carbocycles. The minimum absolute atomic E-state index is 0.0993. The number of ether oxygens (including phenoxy) is 1. The number of nitrogens with zero attached hydrogens (tertiary/aromatic N) is 3. The van der Waals surface area contributed by atoms with E-state index in [4.69, 9.17) is 16.3 Å². The first-order valence-corrected chi connectivity index (χ1v) is 5.42. The lowest BCUT2D eigenvalue weighted by molar-refractivity contribution is -0.390. The largest absolute Gasteiger partial charge is 0.461 e. The molecule has 2 aromatic heterocycles. The van der Waals surface area contributed by atoms with Crippen LogP contribution in [0.1, 0.15) is 17.4 Å². The summed E-state index contributed by atoms with van der Waals surface area (Å²) in [6, 6.07) is 4.57. The van der Waals surface area contributed by atoms with E-state index in [0.29, 0.717) is 0 Å². The number of pyridine rings is 1. The summed E-state index contributed by atoms with van der Waals surface area (Å²) >= 11 is 5.87. The first-order chi connectivity index (χ1) is 8.56. The fourth-order valence-electron chi connectivity index (χ4n) is 1.54. The number of imidazole rings is 1. The maximum Gasteiger partial charge on any atom is 0.365 e. The van der Waals surface area contributed by atoms with Gasteiger partial charge < -0.3 is 14.9 Å². The standard InChI is InChI=1S/C10H8ClN3O4/c1-2-18-10(15)8-9(14(16)17)13-6(11)4-3-5-7(13)12-8/h3-5H,2H2,1H3. The van der Waals surface area contributed by atoms with Crippen molar-refractivity contribution in [2.24, 2.45) is 0 Å². The molecule has 0 bridgehead atoms. The van der Waals surface area contributed by atoms with E-state index in [2.05, 4.69) is 4.98 Å². The molecule has 2 rings (SSSR count). The fraction of sp³-hybridized carbons (Fsp3) is 0.200. The zero-order valence-corrected chi connectivity index (χ0v) is 10.0. The van der Waals surface area contributed by atoms with Crippen molar-refractivity contribution in [2.75, 3.05) is 6.61 Å². The van der Waals surface area contributed by atoms with Crippen molar-refractivity contribution in [3.63, 3.8) is 0 Å². The van der Waals surface area contributed by atoms with Crippen molar-refractivity contribution in [2.45, 2.75) is 6.92 Å². The molecule has 0 radical (unpaired) electrons. The molecule has 0 spiro atoms. The van der Waals surface area contributed by atoms with E-state index in [1.807, 2.05) is 0 Å². The second-order valence-electron chi connectivity index (χ2n) is 3.30. The SMILES string of the molecule is CCOC(=O)c1nc2cccc(Cl)n2c1[N+](=O)[O-]. The Bertz CT molecular complexity index is 637. The van der Waals surface area contributed by atoms with Crippen LogP contribution >= 0.6 is 11.6 Å². The molecule has 0 aliphatic heterocycles. The maximum atomic E-state index is 11.6. The summed E-state index contributed by atoms with van der Waals surface area (Å²) in [5.74, 6) is -1.34. The summed E-state index contributed by atoms with van der Waals surface area (Å²) in [5, 5.41) is 11.1. The van der Waals surface area contributed by atoms with Crippen LogP contribution in [-0.2, 0) is 4.74 Å². The molecule has 94 valence electrons. The summed E-state index contributed by atoms with van der Waals surface area (Å²) in [6.45, 7) is 1.71. The van der Waals surface area contributed by atoms with Crippen molar-refractivity contribution in [1.29, 1.82) is 0 Å². The molecule has 0 N–H and O–H groups in total. The summed E-state index contributed by atoms with van der Waals surface area (Å²) in [5.41, 5.74) is -0.132. The number of nitro groups is 1. The molecule has 0 aliphatic rings. The first-order valence-electron chi connectivity index (χ1n) is 5.04. The summed E-state index contributed by atoms with van der Waals surface area (Å²) in [6.07, 6.45) is 0. The molecule has 18 heavy (non-hydrogen) atoms. The van der Waals surface area contributed by atoms with Crippen molar-refractivity contribution in [1.82, 2.24) is 9.38 Å². The Morgan fingerprint density at radius 1 is 1.61 bits per heavy atom. The number of carbonyl (C=O) groups excluding carboxylic acids is 1. The third-order valence-electron chi connectivity index (χ3n) is 2.21. The Balaban J connectivity index is 2.74. The predicted octanol–water partition coefficient (Wildman–Crippen LogP) is 2.07. The zero-order valence-electron chi connectivity index (χ0n) is 9.29. The van der Waals surface area contributed by atoms with E-state index in [-0.39, 0.29) is 23.1 Å². The van der Waals surface area contributed by atoms with Gasteiger partial charge in [-0.05, 0) is 29.5 Å². The monoisotopic (exact) mass is 269 g/mol. The van der Waals surface area contributed by atoms with Gasteiger partial charge in [0, 0.05) is 6.07 Å². The number of carbonyl (C=O) groups is 1. The average Bonchev–Trinajstić information content (AvgIpc) is 2.70. The van der Waals surface area contributed by atoms with Gasteiger partial charge in [0.15, 0.2) is 0 Å². The molecule has 7 nitrogen and oxygen atoms in total. The van der Waals surface area contributed by atoms with Gasteiger partial charge in [0.25, 0.3) is 0 Å². The van der Waals surface area contributed by atoms with Gasteiger partial charge in [-0.25, -0.2) is 4.79 Å². The highest BCUT2D eigenvalue weighted by molar-refractivity contribution is 6.30. The Labute approximate surface area is 106 Å². The summed E-state index contributed by atoms with van der Waals surface area (Å²) < 4.78 is 5.82. The number of hydrogen-bond acceptors (Lipinski definition) is 5. The third kappa shape index (κ3) is 1.88. The lowest BCUT2D eigenvalue weighted by Gasteiger charge is -1.99. The van der Waals surface area contributed by atoms with Crippen molar-refractivity contribution >= 4 is 29.0 Å². The number of halogens is 1. The minimum Gasteiger partial charge on any atom is -0.461 e. The number of rotatable bonds is 3. The lowest BCUT2D eigenvalue weighted by Crippen LogP contribution is -2.08. The molecule has 2 aromatic rings. The highest BCUT2D eigenvalue weighted by Crippen LogP contribution is 2.25. The van der Waals surface area contributed by atoms with Crippen LogP contribution in [0.2, 0.25) is 5.15 Å². The van der Waals surface area contributed by atoms with E-state index in [1.165, 1.54) is 12.1 Å². The quantitative estimate of drug-likeness (QED) is 0.368. The second kappa shape index (κ2) is 4.61. The van der Waals surface area contributed by atoms with Gasteiger partial charge in [0.2, 0.25) is 16.5 Å². The molecule has 0 saturated heterocycles. The van der Waals surface area contributed by atoms with Gasteiger partial charge in [-0.3, -0.25) is 0 Å². The molecule has 0 fully saturated rings. The van der Waals surface area contributed by atoms with Crippen LogP contribution in [0.5, 0.6) is 0 Å². The van der Waals surface area contributed by atoms with E-state index >= 15 is 0 Å². The average molecular weight is 270 g/mol. The summed E-state index contributed by atoms with van der Waals surface area (Å²) in [7, 11) is 0. The van der Waals surface area contributed by atoms with Crippen molar-refractivity contribution in [3.05, 3.63) is 39.2 Å². The Morgan fingerprint density at radius 3 is 2.94 bits per heavy atom. The van der Waals surface area contributed by atoms with Crippen LogP contribution in [0.25, 0.3) is 5.65 Å².